The third-order valence-corrected chi connectivity index (χ3v) is 7.94. The van der Waals surface area contributed by atoms with Gasteiger partial charge in [-0.1, -0.05) is 0 Å². The summed E-state index contributed by atoms with van der Waals surface area (Å²) in [6.07, 6.45) is 1.14. The lowest BCUT2D eigenvalue weighted by Crippen LogP contribution is -2.47. The van der Waals surface area contributed by atoms with E-state index in [1.807, 2.05) is 4.90 Å². The van der Waals surface area contributed by atoms with Gasteiger partial charge in [-0.15, -0.1) is 5.10 Å². The first kappa shape index (κ1) is 26.9. The van der Waals surface area contributed by atoms with Crippen LogP contribution in [0.4, 0.5) is 20.4 Å². The van der Waals surface area contributed by atoms with Crippen LogP contribution in [0.2, 0.25) is 0 Å². The van der Waals surface area contributed by atoms with E-state index in [0.717, 1.165) is 6.07 Å². The summed E-state index contributed by atoms with van der Waals surface area (Å²) in [7, 11) is 1.65. The first-order chi connectivity index (χ1) is 20.8. The summed E-state index contributed by atoms with van der Waals surface area (Å²) in [5.74, 6) is -1.15. The number of anilines is 2. The van der Waals surface area contributed by atoms with Crippen molar-refractivity contribution in [3.05, 3.63) is 52.6 Å². The zero-order valence-corrected chi connectivity index (χ0v) is 23.2. The number of imidazole rings is 1. The van der Waals surface area contributed by atoms with Crippen LogP contribution in [0.5, 0.6) is 5.75 Å². The third kappa shape index (κ3) is 4.63. The number of rotatable bonds is 7. The van der Waals surface area contributed by atoms with Gasteiger partial charge in [-0.2, -0.15) is 9.50 Å². The zero-order chi connectivity index (χ0) is 29.8. The van der Waals surface area contributed by atoms with Gasteiger partial charge < -0.3 is 25.1 Å². The topological polar surface area (TPSA) is 154 Å². The number of hydrogen-bond donors (Lipinski definition) is 2. The van der Waals surface area contributed by atoms with Crippen LogP contribution in [0.25, 0.3) is 28.4 Å². The molecular weight excluding hydrogens is 566 g/mol. The van der Waals surface area contributed by atoms with Crippen LogP contribution in [0, 0.1) is 11.6 Å². The molecule has 2 saturated heterocycles. The number of halogens is 2. The monoisotopic (exact) mass is 594 g/mol. The van der Waals surface area contributed by atoms with Crippen LogP contribution in [0.1, 0.15) is 6.42 Å². The molecule has 2 aliphatic rings. The third-order valence-electron chi connectivity index (χ3n) is 7.94. The van der Waals surface area contributed by atoms with E-state index in [0.29, 0.717) is 80.6 Å². The minimum absolute atomic E-state index is 0.0824. The maximum atomic E-state index is 14.8. The number of fused-ring (bicyclic) bond motifs is 3. The second-order valence-electron chi connectivity index (χ2n) is 10.5. The molecule has 5 aromatic rings. The summed E-state index contributed by atoms with van der Waals surface area (Å²) in [5.41, 5.74) is 7.43. The van der Waals surface area contributed by atoms with Gasteiger partial charge in [0.25, 0.3) is 5.91 Å². The van der Waals surface area contributed by atoms with Crippen molar-refractivity contribution < 1.29 is 22.7 Å². The summed E-state index contributed by atoms with van der Waals surface area (Å²) in [6, 6.07) is 5.57. The van der Waals surface area contributed by atoms with E-state index in [1.165, 1.54) is 21.4 Å². The number of carbonyl (C=O) groups is 1. The van der Waals surface area contributed by atoms with Crippen molar-refractivity contribution in [3.8, 4) is 17.3 Å². The standard InChI is InChI=1S/C27H28F2N10O4/c1-35-21-23(33-26(30)39-24(21)32-22(34-39)18-3-2-12-42-18)38(27(35)41)11-8-36-6-9-37(10-7-36)17-14-20(16(29)13-15(17)28)43-19-4-5-31-25(19)40/h2-3,12-14,19H,4-11H2,1H3,(H2,30,33)(H,31,40)/t19-/m0/s1. The van der Waals surface area contributed by atoms with E-state index in [9.17, 15) is 18.4 Å². The number of nitrogens with zero attached hydrogens (tertiary/aromatic N) is 8. The van der Waals surface area contributed by atoms with E-state index >= 15 is 0 Å². The molecule has 14 nitrogen and oxygen atoms in total. The first-order valence-electron chi connectivity index (χ1n) is 13.8. The quantitative estimate of drug-likeness (QED) is 0.279. The highest BCUT2D eigenvalue weighted by Crippen LogP contribution is 2.30. The van der Waals surface area contributed by atoms with Gasteiger partial charge in [0.05, 0.1) is 12.0 Å². The van der Waals surface area contributed by atoms with Crippen LogP contribution in [-0.4, -0.2) is 84.9 Å². The van der Waals surface area contributed by atoms with Gasteiger partial charge in [0.15, 0.2) is 34.7 Å². The maximum absolute atomic E-state index is 14.8. The number of ether oxygens (including phenoxy) is 1. The molecule has 43 heavy (non-hydrogen) atoms. The molecular formula is C27H28F2N10O4. The Hall–Kier alpha value is -4.99. The molecule has 0 saturated carbocycles. The second kappa shape index (κ2) is 10.4. The predicted octanol–water partition coefficient (Wildman–Crippen LogP) is 0.988. The minimum atomic E-state index is -0.852. The number of amides is 1. The van der Waals surface area contributed by atoms with Crippen LogP contribution < -0.4 is 26.4 Å². The van der Waals surface area contributed by atoms with Crippen molar-refractivity contribution in [2.75, 3.05) is 49.9 Å². The van der Waals surface area contributed by atoms with E-state index in [1.54, 1.807) is 23.7 Å². The Balaban J connectivity index is 1.07. The van der Waals surface area contributed by atoms with Crippen LogP contribution in [-0.2, 0) is 18.4 Å². The average molecular weight is 595 g/mol. The van der Waals surface area contributed by atoms with E-state index < -0.39 is 17.7 Å². The van der Waals surface area contributed by atoms with Gasteiger partial charge >= 0.3 is 5.69 Å². The first-order valence-corrected chi connectivity index (χ1v) is 13.8. The average Bonchev–Trinajstić information content (AvgIpc) is 3.79. The van der Waals surface area contributed by atoms with E-state index in [-0.39, 0.29) is 29.0 Å². The van der Waals surface area contributed by atoms with Crippen LogP contribution >= 0.6 is 0 Å². The van der Waals surface area contributed by atoms with Gasteiger partial charge in [-0.25, -0.2) is 18.6 Å². The summed E-state index contributed by atoms with van der Waals surface area (Å²) in [4.78, 5) is 38.1. The fourth-order valence-electron chi connectivity index (χ4n) is 5.64. The minimum Gasteiger partial charge on any atom is -0.477 e. The SMILES string of the molecule is Cn1c(=O)n(CCN2CCN(c3cc(O[C@H]4CCNC4=O)c(F)cc3F)CC2)c2nc(N)n3nc(-c4ccco4)nc3c21. The highest BCUT2D eigenvalue weighted by atomic mass is 19.1. The van der Waals surface area contributed by atoms with Gasteiger partial charge in [0.2, 0.25) is 11.8 Å². The molecule has 0 unspecified atom stereocenters. The number of furan rings is 1. The van der Waals surface area contributed by atoms with Gasteiger partial charge in [0, 0.05) is 71.4 Å². The number of nitrogens with one attached hydrogen (secondary N) is 1. The summed E-state index contributed by atoms with van der Waals surface area (Å²) < 4.78 is 44.6. The van der Waals surface area contributed by atoms with Crippen LogP contribution in [0.15, 0.2) is 39.7 Å². The number of benzene rings is 1. The highest BCUT2D eigenvalue weighted by Gasteiger charge is 2.29. The van der Waals surface area contributed by atoms with Gasteiger partial charge in [-0.3, -0.25) is 18.8 Å². The van der Waals surface area contributed by atoms with Crippen molar-refractivity contribution in [2.45, 2.75) is 19.1 Å². The zero-order valence-electron chi connectivity index (χ0n) is 23.2. The Labute approximate surface area is 242 Å². The lowest BCUT2D eigenvalue weighted by atomic mass is 10.2. The molecule has 1 aromatic carbocycles. The molecule has 0 radical (unpaired) electrons. The molecule has 1 amide bonds. The number of carbonyl (C=O) groups excluding carboxylic acids is 1. The largest absolute Gasteiger partial charge is 0.477 e. The second-order valence-corrected chi connectivity index (χ2v) is 10.5. The fraction of sp³-hybridized carbons (Fsp3) is 0.370. The lowest BCUT2D eigenvalue weighted by Gasteiger charge is -2.36. The van der Waals surface area contributed by atoms with E-state index in [4.69, 9.17) is 14.9 Å². The molecule has 4 aromatic heterocycles. The van der Waals surface area contributed by atoms with Crippen molar-refractivity contribution >= 4 is 34.4 Å². The molecule has 2 fully saturated rings. The summed E-state index contributed by atoms with van der Waals surface area (Å²) in [6.45, 7) is 3.41. The normalized spacial score (nSPS) is 17.8. The Kier molecular flexibility index (Phi) is 6.49. The Morgan fingerprint density at radius 1 is 1.09 bits per heavy atom. The number of aromatic nitrogens is 6. The highest BCUT2D eigenvalue weighted by molar-refractivity contribution is 5.88. The maximum Gasteiger partial charge on any atom is 0.330 e. The summed E-state index contributed by atoms with van der Waals surface area (Å²) in [5, 5.41) is 7.03. The predicted molar refractivity (Wildman–Crippen MR) is 151 cm³/mol. The lowest BCUT2D eigenvalue weighted by molar-refractivity contribution is -0.125. The molecule has 7 rings (SSSR count). The summed E-state index contributed by atoms with van der Waals surface area (Å²) >= 11 is 0. The molecule has 0 aliphatic carbocycles. The molecule has 2 aliphatic heterocycles. The fourth-order valence-corrected chi connectivity index (χ4v) is 5.64. The number of aryl methyl sites for hydroxylation is 1. The molecule has 16 heteroatoms. The van der Waals surface area contributed by atoms with Crippen molar-refractivity contribution in [2.24, 2.45) is 7.05 Å². The molecule has 1 atom stereocenters. The molecule has 3 N–H and O–H groups in total. The van der Waals surface area contributed by atoms with Gasteiger partial charge in [0.1, 0.15) is 11.3 Å². The van der Waals surface area contributed by atoms with Crippen molar-refractivity contribution in [3.63, 3.8) is 0 Å². The number of hydrogen-bond acceptors (Lipinski definition) is 10. The molecule has 0 bridgehead atoms. The van der Waals surface area contributed by atoms with Crippen molar-refractivity contribution in [1.29, 1.82) is 0 Å². The smallest absolute Gasteiger partial charge is 0.330 e. The van der Waals surface area contributed by atoms with Crippen molar-refractivity contribution in [1.82, 2.24) is 38.9 Å². The number of piperazine rings is 1. The molecule has 224 valence electrons. The van der Waals surface area contributed by atoms with Gasteiger partial charge in [-0.05, 0) is 12.1 Å². The Bertz CT molecular complexity index is 1910. The Morgan fingerprint density at radius 2 is 1.91 bits per heavy atom. The Morgan fingerprint density at radius 3 is 2.63 bits per heavy atom. The van der Waals surface area contributed by atoms with E-state index in [2.05, 4.69) is 25.3 Å². The molecule has 6 heterocycles. The molecule has 0 spiro atoms. The van der Waals surface area contributed by atoms with Crippen LogP contribution in [0.3, 0.4) is 0 Å². The number of nitrogen functional groups attached to an aromatic ring is 1. The number of nitrogens with two attached hydrogens (primary N) is 1.